The Bertz CT molecular complexity index is 1010. The van der Waals surface area contributed by atoms with E-state index < -0.39 is 0 Å². The maximum atomic E-state index is 2.39. The first kappa shape index (κ1) is 17.3. The molecule has 5 rings (SSSR count). The van der Waals surface area contributed by atoms with E-state index in [1.165, 1.54) is 22.3 Å². The minimum absolute atomic E-state index is 0.0269. The van der Waals surface area contributed by atoms with Crippen molar-refractivity contribution in [2.45, 2.75) is 31.1 Å². The molecule has 0 aromatic heterocycles. The van der Waals surface area contributed by atoms with Crippen LogP contribution >= 0.6 is 0 Å². The van der Waals surface area contributed by atoms with E-state index in [1.807, 2.05) is 0 Å². The summed E-state index contributed by atoms with van der Waals surface area (Å²) < 4.78 is 0. The van der Waals surface area contributed by atoms with Crippen LogP contribution in [0.3, 0.4) is 0 Å². The van der Waals surface area contributed by atoms with Gasteiger partial charge in [0.1, 0.15) is 0 Å². The summed E-state index contributed by atoms with van der Waals surface area (Å²) in [6.07, 6.45) is 8.04. The van der Waals surface area contributed by atoms with Crippen molar-refractivity contribution >= 4 is 0 Å². The molecule has 3 aromatic carbocycles. The first-order valence-electron chi connectivity index (χ1n) is 10.2. The first-order chi connectivity index (χ1) is 13.7. The molecule has 0 saturated carbocycles. The third-order valence-corrected chi connectivity index (χ3v) is 6.89. The molecule has 0 bridgehead atoms. The number of rotatable bonds is 2. The van der Waals surface area contributed by atoms with Crippen molar-refractivity contribution < 1.29 is 0 Å². The smallest absolute Gasteiger partial charge is 0.0522 e. The van der Waals surface area contributed by atoms with E-state index in [1.54, 1.807) is 5.57 Å². The molecule has 0 fully saturated rings. The summed E-state index contributed by atoms with van der Waals surface area (Å²) in [6, 6.07) is 31.4. The molecule has 3 aromatic rings. The van der Waals surface area contributed by atoms with Crippen LogP contribution < -0.4 is 0 Å². The van der Waals surface area contributed by atoms with Gasteiger partial charge in [0.15, 0.2) is 0 Å². The minimum atomic E-state index is -0.175. The zero-order valence-electron chi connectivity index (χ0n) is 16.6. The fraction of sp³-hybridized carbons (Fsp3) is 0.214. The number of fused-ring (bicyclic) bond motifs is 2. The zero-order chi connectivity index (χ0) is 19.2. The molecule has 1 atom stereocenters. The van der Waals surface area contributed by atoms with Gasteiger partial charge in [-0.25, -0.2) is 0 Å². The van der Waals surface area contributed by atoms with Crippen LogP contribution in [0.2, 0.25) is 0 Å². The molecule has 0 nitrogen and oxygen atoms in total. The van der Waals surface area contributed by atoms with Gasteiger partial charge in [-0.1, -0.05) is 123 Å². The van der Waals surface area contributed by atoms with Crippen molar-refractivity contribution in [2.75, 3.05) is 0 Å². The summed E-state index contributed by atoms with van der Waals surface area (Å²) in [5, 5.41) is 0. The van der Waals surface area contributed by atoms with Gasteiger partial charge in [0.25, 0.3) is 0 Å². The van der Waals surface area contributed by atoms with Gasteiger partial charge < -0.3 is 0 Å². The van der Waals surface area contributed by atoms with Gasteiger partial charge in [0, 0.05) is 11.3 Å². The van der Waals surface area contributed by atoms with E-state index in [0.717, 1.165) is 6.42 Å². The molecule has 0 amide bonds. The molecule has 2 aliphatic rings. The minimum Gasteiger partial charge on any atom is -0.0839 e. The standard InChI is InChI=1S/C28H26/c1-27(2)23-17-9-11-19-25(23)28(21-13-5-3-6-14-21,22-15-7-4-8-16-22)26-20-12-10-18-24(26)27/h3-19,26H,20H2,1-2H3. The maximum Gasteiger partial charge on any atom is 0.0522 e. The molecule has 0 heterocycles. The first-order valence-corrected chi connectivity index (χ1v) is 10.2. The Kier molecular flexibility index (Phi) is 3.91. The average molecular weight is 363 g/mol. The second kappa shape index (κ2) is 6.34. The van der Waals surface area contributed by atoms with Crippen LogP contribution in [0.5, 0.6) is 0 Å². The van der Waals surface area contributed by atoms with Crippen LogP contribution in [0.1, 0.15) is 42.5 Å². The number of benzene rings is 3. The lowest BCUT2D eigenvalue weighted by atomic mass is 9.48. The van der Waals surface area contributed by atoms with Crippen molar-refractivity contribution in [3.05, 3.63) is 131 Å². The fourth-order valence-corrected chi connectivity index (χ4v) is 5.68. The quantitative estimate of drug-likeness (QED) is 0.469. The van der Waals surface area contributed by atoms with E-state index in [2.05, 4.69) is 117 Å². The molecule has 0 aliphatic heterocycles. The number of allylic oxidation sites excluding steroid dienone is 4. The lowest BCUT2D eigenvalue weighted by Crippen LogP contribution is -2.48. The molecular weight excluding hydrogens is 336 g/mol. The summed E-state index contributed by atoms with van der Waals surface area (Å²) >= 11 is 0. The van der Waals surface area contributed by atoms with E-state index >= 15 is 0 Å². The van der Waals surface area contributed by atoms with Crippen LogP contribution in [-0.4, -0.2) is 0 Å². The zero-order valence-corrected chi connectivity index (χ0v) is 16.6. The number of hydrogen-bond acceptors (Lipinski definition) is 0. The topological polar surface area (TPSA) is 0 Å². The summed E-state index contributed by atoms with van der Waals surface area (Å²) in [4.78, 5) is 0. The summed E-state index contributed by atoms with van der Waals surface area (Å²) in [7, 11) is 0. The normalized spacial score (nSPS) is 21.4. The van der Waals surface area contributed by atoms with Crippen molar-refractivity contribution in [1.82, 2.24) is 0 Å². The Morgan fingerprint density at radius 1 is 0.679 bits per heavy atom. The highest BCUT2D eigenvalue weighted by Gasteiger charge is 2.53. The maximum absolute atomic E-state index is 2.39. The van der Waals surface area contributed by atoms with Crippen LogP contribution in [-0.2, 0) is 10.8 Å². The van der Waals surface area contributed by atoms with Crippen LogP contribution in [0, 0.1) is 5.92 Å². The predicted molar refractivity (Wildman–Crippen MR) is 118 cm³/mol. The lowest BCUT2D eigenvalue weighted by molar-refractivity contribution is 0.342. The molecular formula is C28H26. The van der Waals surface area contributed by atoms with Gasteiger partial charge in [-0.05, 0) is 28.7 Å². The van der Waals surface area contributed by atoms with Crippen molar-refractivity contribution in [3.63, 3.8) is 0 Å². The van der Waals surface area contributed by atoms with E-state index in [-0.39, 0.29) is 10.8 Å². The van der Waals surface area contributed by atoms with Gasteiger partial charge in [0.05, 0.1) is 5.41 Å². The second-order valence-corrected chi connectivity index (χ2v) is 8.55. The third-order valence-electron chi connectivity index (χ3n) is 6.89. The summed E-state index contributed by atoms with van der Waals surface area (Å²) in [6.45, 7) is 4.79. The molecule has 0 saturated heterocycles. The van der Waals surface area contributed by atoms with Crippen molar-refractivity contribution in [3.8, 4) is 0 Å². The molecule has 0 radical (unpaired) electrons. The predicted octanol–water partition coefficient (Wildman–Crippen LogP) is 6.81. The van der Waals surface area contributed by atoms with E-state index in [9.17, 15) is 0 Å². The van der Waals surface area contributed by atoms with Crippen LogP contribution in [0.4, 0.5) is 0 Å². The highest BCUT2D eigenvalue weighted by molar-refractivity contribution is 5.63. The Hall–Kier alpha value is -2.86. The van der Waals surface area contributed by atoms with Gasteiger partial charge >= 0.3 is 0 Å². The number of hydrogen-bond donors (Lipinski definition) is 0. The van der Waals surface area contributed by atoms with Crippen molar-refractivity contribution in [1.29, 1.82) is 0 Å². The average Bonchev–Trinajstić information content (AvgIpc) is 2.76. The van der Waals surface area contributed by atoms with E-state index in [0.29, 0.717) is 5.92 Å². The third kappa shape index (κ3) is 2.24. The molecule has 28 heavy (non-hydrogen) atoms. The van der Waals surface area contributed by atoms with Crippen LogP contribution in [0.25, 0.3) is 0 Å². The molecule has 1 unspecified atom stereocenters. The monoisotopic (exact) mass is 362 g/mol. The van der Waals surface area contributed by atoms with Crippen LogP contribution in [0.15, 0.2) is 109 Å². The van der Waals surface area contributed by atoms with Gasteiger partial charge in [-0.3, -0.25) is 0 Å². The Morgan fingerprint density at radius 2 is 1.21 bits per heavy atom. The Morgan fingerprint density at radius 3 is 1.82 bits per heavy atom. The summed E-state index contributed by atoms with van der Waals surface area (Å²) in [5.74, 6) is 0.409. The fourth-order valence-electron chi connectivity index (χ4n) is 5.68. The Balaban J connectivity index is 1.96. The largest absolute Gasteiger partial charge is 0.0839 e. The van der Waals surface area contributed by atoms with Gasteiger partial charge in [0.2, 0.25) is 0 Å². The van der Waals surface area contributed by atoms with Crippen molar-refractivity contribution in [2.24, 2.45) is 5.92 Å². The van der Waals surface area contributed by atoms with E-state index in [4.69, 9.17) is 0 Å². The Labute approximate surface area is 168 Å². The van der Waals surface area contributed by atoms with Gasteiger partial charge in [-0.15, -0.1) is 0 Å². The summed E-state index contributed by atoms with van der Waals surface area (Å²) in [5.41, 5.74) is 7.06. The highest BCUT2D eigenvalue weighted by atomic mass is 14.6. The SMILES string of the molecule is CC1(C)C2=CC=CCC2C(c2ccccc2)(c2ccccc2)c2ccccc21. The molecule has 2 aliphatic carbocycles. The molecule has 0 N–H and O–H groups in total. The molecule has 138 valence electrons. The molecule has 0 heteroatoms. The molecule has 0 spiro atoms. The van der Waals surface area contributed by atoms with Gasteiger partial charge in [-0.2, -0.15) is 0 Å². The lowest BCUT2D eigenvalue weighted by Gasteiger charge is -2.54. The second-order valence-electron chi connectivity index (χ2n) is 8.55. The highest BCUT2D eigenvalue weighted by Crippen LogP contribution is 2.59.